The Bertz CT molecular complexity index is 589. The molecule has 0 unspecified atom stereocenters. The van der Waals surface area contributed by atoms with E-state index in [1.54, 1.807) is 32.0 Å². The van der Waals surface area contributed by atoms with Crippen LogP contribution in [0, 0.1) is 5.41 Å². The molecule has 19 heavy (non-hydrogen) atoms. The molecule has 0 saturated carbocycles. The number of benzene rings is 1. The molecule has 0 bridgehead atoms. The molecule has 5 heteroatoms. The van der Waals surface area contributed by atoms with Crippen LogP contribution in [0.1, 0.15) is 32.3 Å². The monoisotopic (exact) mass is 284 g/mol. The molecule has 106 valence electrons. The molecule has 4 nitrogen and oxygen atoms in total. The summed E-state index contributed by atoms with van der Waals surface area (Å²) in [6.07, 6.45) is -0.712. The first-order valence-electron chi connectivity index (χ1n) is 6.28. The predicted molar refractivity (Wildman–Crippen MR) is 73.2 cm³/mol. The molecule has 0 saturated heterocycles. The smallest absolute Gasteiger partial charge is 0.179 e. The number of hydrogen-bond donors (Lipinski definition) is 1. The van der Waals surface area contributed by atoms with Gasteiger partial charge in [0.1, 0.15) is 5.75 Å². The lowest BCUT2D eigenvalue weighted by atomic mass is 9.79. The fourth-order valence-electron chi connectivity index (χ4n) is 2.79. The number of methoxy groups -OCH3 is 1. The Morgan fingerprint density at radius 1 is 1.37 bits per heavy atom. The Morgan fingerprint density at radius 2 is 2.00 bits per heavy atom. The molecule has 1 aromatic rings. The summed E-state index contributed by atoms with van der Waals surface area (Å²) in [4.78, 5) is 0.311. The van der Waals surface area contributed by atoms with Crippen molar-refractivity contribution >= 4 is 9.84 Å². The normalized spacial score (nSPS) is 28.3. The van der Waals surface area contributed by atoms with E-state index < -0.39 is 21.4 Å². The van der Waals surface area contributed by atoms with Crippen molar-refractivity contribution in [2.24, 2.45) is 5.41 Å². The van der Waals surface area contributed by atoms with E-state index in [1.807, 2.05) is 6.92 Å². The van der Waals surface area contributed by atoms with Crippen LogP contribution in [0.5, 0.6) is 5.75 Å². The minimum Gasteiger partial charge on any atom is -0.497 e. The Kier molecular flexibility index (Phi) is 3.39. The highest BCUT2D eigenvalue weighted by atomic mass is 32.2. The second kappa shape index (κ2) is 4.49. The van der Waals surface area contributed by atoms with Gasteiger partial charge in [-0.25, -0.2) is 8.42 Å². The van der Waals surface area contributed by atoms with Crippen molar-refractivity contribution in [2.45, 2.75) is 37.7 Å². The maximum absolute atomic E-state index is 12.4. The summed E-state index contributed by atoms with van der Waals surface area (Å²) in [6, 6.07) is 4.93. The van der Waals surface area contributed by atoms with E-state index in [-0.39, 0.29) is 11.7 Å². The molecule has 2 atom stereocenters. The van der Waals surface area contributed by atoms with Crippen LogP contribution in [0.4, 0.5) is 0 Å². The zero-order valence-electron chi connectivity index (χ0n) is 11.7. The first-order valence-corrected chi connectivity index (χ1v) is 7.93. The number of sulfone groups is 1. The van der Waals surface area contributed by atoms with E-state index in [2.05, 4.69) is 0 Å². The van der Waals surface area contributed by atoms with E-state index in [1.165, 1.54) is 7.11 Å². The van der Waals surface area contributed by atoms with Crippen LogP contribution in [0.3, 0.4) is 0 Å². The molecule has 0 amide bonds. The quantitative estimate of drug-likeness (QED) is 0.856. The maximum Gasteiger partial charge on any atom is 0.179 e. The fraction of sp³-hybridized carbons (Fsp3) is 0.571. The van der Waals surface area contributed by atoms with Crippen molar-refractivity contribution in [2.75, 3.05) is 12.9 Å². The molecule has 0 spiro atoms. The Balaban J connectivity index is 2.70. The Morgan fingerprint density at radius 3 is 2.58 bits per heavy atom. The summed E-state index contributed by atoms with van der Waals surface area (Å²) in [6.45, 7) is 5.43. The van der Waals surface area contributed by atoms with Crippen molar-refractivity contribution in [3.8, 4) is 5.75 Å². The van der Waals surface area contributed by atoms with Gasteiger partial charge in [-0.05, 0) is 23.8 Å². The van der Waals surface area contributed by atoms with Gasteiger partial charge in [0.05, 0.1) is 23.9 Å². The van der Waals surface area contributed by atoms with E-state index in [4.69, 9.17) is 4.74 Å². The average Bonchev–Trinajstić information content (AvgIpc) is 2.38. The first-order chi connectivity index (χ1) is 8.69. The maximum atomic E-state index is 12.4. The van der Waals surface area contributed by atoms with Crippen molar-refractivity contribution in [3.05, 3.63) is 23.8 Å². The SMILES string of the molecule is COc1ccc2c(c1)[C@@H](C)[C@@H](O)C(C)(C)CS2(=O)=O. The lowest BCUT2D eigenvalue weighted by Crippen LogP contribution is -2.36. The third-order valence-electron chi connectivity index (χ3n) is 3.88. The topological polar surface area (TPSA) is 63.6 Å². The summed E-state index contributed by atoms with van der Waals surface area (Å²) in [5.41, 5.74) is -0.0396. The van der Waals surface area contributed by atoms with Crippen LogP contribution in [0.25, 0.3) is 0 Å². The predicted octanol–water partition coefficient (Wildman–Crippen LogP) is 1.97. The van der Waals surface area contributed by atoms with Gasteiger partial charge in [-0.3, -0.25) is 0 Å². The fourth-order valence-corrected chi connectivity index (χ4v) is 4.98. The van der Waals surface area contributed by atoms with E-state index in [0.29, 0.717) is 16.2 Å². The van der Waals surface area contributed by atoms with Crippen LogP contribution in [0.15, 0.2) is 23.1 Å². The molecule has 2 rings (SSSR count). The summed E-state index contributed by atoms with van der Waals surface area (Å²) in [5.74, 6) is 0.301. The minimum atomic E-state index is -3.39. The summed E-state index contributed by atoms with van der Waals surface area (Å²) < 4.78 is 30.0. The number of aliphatic hydroxyl groups is 1. The van der Waals surface area contributed by atoms with Gasteiger partial charge < -0.3 is 9.84 Å². The highest BCUT2D eigenvalue weighted by Crippen LogP contribution is 2.42. The van der Waals surface area contributed by atoms with Crippen molar-refractivity contribution in [1.82, 2.24) is 0 Å². The number of aliphatic hydroxyl groups excluding tert-OH is 1. The zero-order chi connectivity index (χ0) is 14.4. The summed E-state index contributed by atoms with van der Waals surface area (Å²) in [7, 11) is -1.85. The van der Waals surface area contributed by atoms with Crippen LogP contribution in [-0.2, 0) is 9.84 Å². The van der Waals surface area contributed by atoms with Gasteiger partial charge in [0, 0.05) is 11.3 Å². The summed E-state index contributed by atoms with van der Waals surface area (Å²) >= 11 is 0. The molecule has 1 heterocycles. The molecular weight excluding hydrogens is 264 g/mol. The van der Waals surface area contributed by atoms with Crippen molar-refractivity contribution in [1.29, 1.82) is 0 Å². The molecule has 0 radical (unpaired) electrons. The lowest BCUT2D eigenvalue weighted by Gasteiger charge is -2.31. The lowest BCUT2D eigenvalue weighted by molar-refractivity contribution is 0.0465. The number of fused-ring (bicyclic) bond motifs is 1. The van der Waals surface area contributed by atoms with Gasteiger partial charge in [-0.2, -0.15) is 0 Å². The van der Waals surface area contributed by atoms with Crippen LogP contribution in [-0.4, -0.2) is 32.5 Å². The largest absolute Gasteiger partial charge is 0.497 e. The van der Waals surface area contributed by atoms with Gasteiger partial charge in [0.15, 0.2) is 9.84 Å². The van der Waals surface area contributed by atoms with E-state index >= 15 is 0 Å². The number of hydrogen-bond acceptors (Lipinski definition) is 4. The summed E-state index contributed by atoms with van der Waals surface area (Å²) in [5, 5.41) is 10.4. The molecule has 0 aromatic heterocycles. The molecule has 1 aromatic carbocycles. The van der Waals surface area contributed by atoms with Gasteiger partial charge in [-0.1, -0.05) is 20.8 Å². The second-order valence-electron chi connectivity index (χ2n) is 5.88. The molecule has 0 aliphatic carbocycles. The first kappa shape index (κ1) is 14.3. The second-order valence-corrected chi connectivity index (χ2v) is 7.84. The highest BCUT2D eigenvalue weighted by molar-refractivity contribution is 7.91. The molecule has 1 N–H and O–H groups in total. The average molecular weight is 284 g/mol. The standard InChI is InChI=1S/C14H20O4S/c1-9-11-7-10(18-4)5-6-12(11)19(16,17)8-14(2,3)13(9)15/h5-7,9,13,15H,8H2,1-4H3/t9-,13-/m1/s1. The minimum absolute atomic E-state index is 0.0508. The van der Waals surface area contributed by atoms with Crippen LogP contribution < -0.4 is 4.74 Å². The van der Waals surface area contributed by atoms with Gasteiger partial charge in [0.2, 0.25) is 0 Å². The molecule has 1 aliphatic heterocycles. The third kappa shape index (κ3) is 2.37. The highest BCUT2D eigenvalue weighted by Gasteiger charge is 2.42. The van der Waals surface area contributed by atoms with Gasteiger partial charge in [-0.15, -0.1) is 0 Å². The third-order valence-corrected chi connectivity index (χ3v) is 6.04. The van der Waals surface area contributed by atoms with Crippen molar-refractivity contribution in [3.63, 3.8) is 0 Å². The number of rotatable bonds is 1. The van der Waals surface area contributed by atoms with E-state index in [0.717, 1.165) is 0 Å². The molecule has 1 aliphatic rings. The van der Waals surface area contributed by atoms with Crippen LogP contribution >= 0.6 is 0 Å². The van der Waals surface area contributed by atoms with E-state index in [9.17, 15) is 13.5 Å². The molecular formula is C14H20O4S. The zero-order valence-corrected chi connectivity index (χ0v) is 12.5. The Hall–Kier alpha value is -1.07. The van der Waals surface area contributed by atoms with Crippen LogP contribution in [0.2, 0.25) is 0 Å². The molecule has 0 fully saturated rings. The Labute approximate surface area is 114 Å². The van der Waals surface area contributed by atoms with Gasteiger partial charge in [0.25, 0.3) is 0 Å². The van der Waals surface area contributed by atoms with Gasteiger partial charge >= 0.3 is 0 Å². The number of ether oxygens (including phenoxy) is 1. The van der Waals surface area contributed by atoms with Crippen molar-refractivity contribution < 1.29 is 18.3 Å².